The van der Waals surface area contributed by atoms with Crippen molar-refractivity contribution < 1.29 is 19.1 Å². The van der Waals surface area contributed by atoms with Gasteiger partial charge in [-0.3, -0.25) is 19.8 Å². The lowest BCUT2D eigenvalue weighted by Gasteiger charge is -2.39. The maximum absolute atomic E-state index is 12.7. The Morgan fingerprint density at radius 3 is 2.22 bits per heavy atom. The molecule has 1 N–H and O–H groups in total. The molecule has 0 atom stereocenters. The van der Waals surface area contributed by atoms with E-state index in [1.165, 1.54) is 4.90 Å². The lowest BCUT2D eigenvalue weighted by atomic mass is 9.98. The highest BCUT2D eigenvalue weighted by atomic mass is 16.6. The van der Waals surface area contributed by atoms with Crippen LogP contribution in [0.25, 0.3) is 11.1 Å². The summed E-state index contributed by atoms with van der Waals surface area (Å²) in [5.41, 5.74) is 3.36. The Labute approximate surface area is 157 Å². The molecule has 0 saturated carbocycles. The maximum atomic E-state index is 12.7. The van der Waals surface area contributed by atoms with E-state index in [0.29, 0.717) is 0 Å². The molecule has 0 bridgehead atoms. The Morgan fingerprint density at radius 2 is 1.63 bits per heavy atom. The molecule has 1 fully saturated rings. The van der Waals surface area contributed by atoms with Gasteiger partial charge in [-0.2, -0.15) is 0 Å². The average Bonchev–Trinajstić information content (AvgIpc) is 2.97. The van der Waals surface area contributed by atoms with Crippen LogP contribution >= 0.6 is 0 Å². The topological polar surface area (TPSA) is 75.7 Å². The highest BCUT2D eigenvalue weighted by molar-refractivity contribution is 6.05. The largest absolute Gasteiger partial charge is 0.448 e. The first-order valence-corrected chi connectivity index (χ1v) is 8.86. The smallest absolute Gasteiger partial charge is 0.411 e. The summed E-state index contributed by atoms with van der Waals surface area (Å²) in [6, 6.07) is 16.1. The highest BCUT2D eigenvalue weighted by Crippen LogP contribution is 2.44. The number of carbonyl (C=O) groups excluding carboxylic acids is 3. The number of imide groups is 1. The lowest BCUT2D eigenvalue weighted by molar-refractivity contribution is -0.143. The van der Waals surface area contributed by atoms with E-state index in [4.69, 9.17) is 4.74 Å². The number of nitrogens with zero attached hydrogens (tertiary/aromatic N) is 1. The molecule has 0 unspecified atom stereocenters. The minimum Gasteiger partial charge on any atom is -0.448 e. The number of nitrogens with one attached hydrogen (secondary N) is 1. The van der Waals surface area contributed by atoms with Gasteiger partial charge < -0.3 is 4.74 Å². The Hall–Kier alpha value is -3.15. The zero-order chi connectivity index (χ0) is 19.2. The van der Waals surface area contributed by atoms with Gasteiger partial charge in [-0.25, -0.2) is 4.79 Å². The van der Waals surface area contributed by atoms with E-state index in [-0.39, 0.29) is 19.1 Å². The van der Waals surface area contributed by atoms with Crippen LogP contribution in [0.4, 0.5) is 4.79 Å². The van der Waals surface area contributed by atoms with Crippen LogP contribution in [0.2, 0.25) is 0 Å². The molecule has 0 spiro atoms. The number of amides is 3. The van der Waals surface area contributed by atoms with Crippen molar-refractivity contribution in [2.75, 3.05) is 13.2 Å². The van der Waals surface area contributed by atoms with E-state index in [9.17, 15) is 14.4 Å². The van der Waals surface area contributed by atoms with Crippen molar-refractivity contribution in [1.82, 2.24) is 10.2 Å². The number of rotatable bonds is 2. The third-order valence-electron chi connectivity index (χ3n) is 5.34. The maximum Gasteiger partial charge on any atom is 0.411 e. The van der Waals surface area contributed by atoms with E-state index < -0.39 is 23.4 Å². The molecule has 6 heteroatoms. The van der Waals surface area contributed by atoms with Gasteiger partial charge in [-0.15, -0.1) is 0 Å². The van der Waals surface area contributed by atoms with Crippen molar-refractivity contribution >= 4 is 17.9 Å². The number of hydrogen-bond donors (Lipinski definition) is 1. The van der Waals surface area contributed by atoms with Gasteiger partial charge in [0.25, 0.3) is 5.91 Å². The van der Waals surface area contributed by atoms with E-state index >= 15 is 0 Å². The molecule has 138 valence electrons. The number of hydrogen-bond acceptors (Lipinski definition) is 4. The van der Waals surface area contributed by atoms with Gasteiger partial charge in [0.1, 0.15) is 18.7 Å². The third-order valence-corrected chi connectivity index (χ3v) is 5.34. The molecule has 2 aliphatic rings. The van der Waals surface area contributed by atoms with Gasteiger partial charge in [0.2, 0.25) is 5.91 Å². The molecule has 4 rings (SSSR count). The normalized spacial score (nSPS) is 17.9. The summed E-state index contributed by atoms with van der Waals surface area (Å²) in [5, 5.41) is 2.25. The van der Waals surface area contributed by atoms with Crippen molar-refractivity contribution in [3.8, 4) is 11.1 Å². The number of fused-ring (bicyclic) bond motifs is 3. The third kappa shape index (κ3) is 2.77. The predicted molar refractivity (Wildman–Crippen MR) is 99.0 cm³/mol. The van der Waals surface area contributed by atoms with Crippen LogP contribution in [0.15, 0.2) is 48.5 Å². The van der Waals surface area contributed by atoms with Gasteiger partial charge in [-0.1, -0.05) is 48.5 Å². The molecule has 0 aromatic heterocycles. The average molecular weight is 364 g/mol. The van der Waals surface area contributed by atoms with Crippen LogP contribution < -0.4 is 5.32 Å². The Morgan fingerprint density at radius 1 is 1.07 bits per heavy atom. The van der Waals surface area contributed by atoms with Crippen molar-refractivity contribution in [2.24, 2.45) is 0 Å². The number of carbonyl (C=O) groups is 3. The fraction of sp³-hybridized carbons (Fsp3) is 0.286. The second kappa shape index (κ2) is 6.23. The number of piperazine rings is 1. The van der Waals surface area contributed by atoms with Gasteiger partial charge in [0, 0.05) is 5.92 Å². The van der Waals surface area contributed by atoms with Gasteiger partial charge >= 0.3 is 6.09 Å². The van der Waals surface area contributed by atoms with Crippen LogP contribution in [0.3, 0.4) is 0 Å². The lowest BCUT2D eigenvalue weighted by Crippen LogP contribution is -2.65. The molecular formula is C21H20N2O4. The molecule has 1 aliphatic carbocycles. The summed E-state index contributed by atoms with van der Waals surface area (Å²) in [5.74, 6) is -1.08. The summed E-state index contributed by atoms with van der Waals surface area (Å²) < 4.78 is 5.57. The van der Waals surface area contributed by atoms with Gasteiger partial charge in [0.15, 0.2) is 0 Å². The second-order valence-electron chi connectivity index (χ2n) is 7.33. The molecule has 1 heterocycles. The summed E-state index contributed by atoms with van der Waals surface area (Å²) in [6.07, 6.45) is -0.662. The quantitative estimate of drug-likeness (QED) is 0.832. The minimum absolute atomic E-state index is 0.0706. The number of ether oxygens (including phenoxy) is 1. The zero-order valence-corrected chi connectivity index (χ0v) is 15.2. The first-order valence-electron chi connectivity index (χ1n) is 8.86. The first kappa shape index (κ1) is 17.3. The fourth-order valence-corrected chi connectivity index (χ4v) is 3.75. The Balaban J connectivity index is 1.56. The molecule has 2 aromatic rings. The molecular weight excluding hydrogens is 344 g/mol. The monoisotopic (exact) mass is 364 g/mol. The Bertz CT molecular complexity index is 905. The predicted octanol–water partition coefficient (Wildman–Crippen LogP) is 2.67. The molecule has 6 nitrogen and oxygen atoms in total. The minimum atomic E-state index is -1.14. The van der Waals surface area contributed by atoms with E-state index in [2.05, 4.69) is 17.4 Å². The summed E-state index contributed by atoms with van der Waals surface area (Å²) in [7, 11) is 0. The second-order valence-corrected chi connectivity index (χ2v) is 7.33. The van der Waals surface area contributed by atoms with E-state index in [0.717, 1.165) is 22.3 Å². The highest BCUT2D eigenvalue weighted by Gasteiger charge is 2.44. The van der Waals surface area contributed by atoms with Crippen molar-refractivity contribution in [1.29, 1.82) is 0 Å². The van der Waals surface area contributed by atoms with Crippen LogP contribution in [-0.2, 0) is 14.3 Å². The zero-order valence-electron chi connectivity index (χ0n) is 15.2. The summed E-state index contributed by atoms with van der Waals surface area (Å²) in [6.45, 7) is 3.14. The summed E-state index contributed by atoms with van der Waals surface area (Å²) in [4.78, 5) is 37.6. The molecule has 1 saturated heterocycles. The molecule has 2 aromatic carbocycles. The molecule has 1 aliphatic heterocycles. The van der Waals surface area contributed by atoms with Crippen LogP contribution in [0.5, 0.6) is 0 Å². The summed E-state index contributed by atoms with van der Waals surface area (Å²) >= 11 is 0. The van der Waals surface area contributed by atoms with Crippen LogP contribution in [0.1, 0.15) is 30.9 Å². The van der Waals surface area contributed by atoms with E-state index in [1.54, 1.807) is 13.8 Å². The molecule has 27 heavy (non-hydrogen) atoms. The van der Waals surface area contributed by atoms with Crippen molar-refractivity contribution in [3.63, 3.8) is 0 Å². The van der Waals surface area contributed by atoms with Gasteiger partial charge in [-0.05, 0) is 36.1 Å². The number of benzene rings is 2. The van der Waals surface area contributed by atoms with Crippen molar-refractivity contribution in [3.05, 3.63) is 59.7 Å². The molecule has 3 amide bonds. The molecule has 0 radical (unpaired) electrons. The first-order chi connectivity index (χ1) is 12.9. The van der Waals surface area contributed by atoms with Crippen LogP contribution in [0, 0.1) is 0 Å². The van der Waals surface area contributed by atoms with E-state index in [1.807, 2.05) is 36.4 Å². The Kier molecular flexibility index (Phi) is 3.98. The van der Waals surface area contributed by atoms with Crippen LogP contribution in [-0.4, -0.2) is 41.5 Å². The fourth-order valence-electron chi connectivity index (χ4n) is 3.75. The standard InChI is InChI=1S/C21H20N2O4/c1-21(2)19(25)22-18(24)11-23(21)20(26)27-12-17-15-9-5-3-7-13(15)14-8-4-6-10-16(14)17/h3-10,17H,11-12H2,1-2H3,(H,22,24,25). The van der Waals surface area contributed by atoms with Gasteiger partial charge in [0.05, 0.1) is 0 Å². The SMILES string of the molecule is CC1(C)C(=O)NC(=O)CN1C(=O)OCC1c2ccccc2-c2ccccc21. The van der Waals surface area contributed by atoms with Crippen molar-refractivity contribution in [2.45, 2.75) is 25.3 Å².